The summed E-state index contributed by atoms with van der Waals surface area (Å²) in [5.41, 5.74) is 2.90. The lowest BCUT2D eigenvalue weighted by Crippen LogP contribution is -2.10. The van der Waals surface area contributed by atoms with Gasteiger partial charge in [0.25, 0.3) is 0 Å². The molecular formula is C15H16N2O. The lowest BCUT2D eigenvalue weighted by Gasteiger charge is -2.26. The van der Waals surface area contributed by atoms with E-state index in [9.17, 15) is 5.11 Å². The lowest BCUT2D eigenvalue weighted by molar-refractivity contribution is 0.215. The molecule has 1 atom stereocenters. The van der Waals surface area contributed by atoms with Gasteiger partial charge in [-0.05, 0) is 36.0 Å². The van der Waals surface area contributed by atoms with Gasteiger partial charge in [0.2, 0.25) is 0 Å². The monoisotopic (exact) mass is 240 g/mol. The van der Waals surface area contributed by atoms with Gasteiger partial charge in [-0.15, -0.1) is 0 Å². The highest BCUT2D eigenvalue weighted by atomic mass is 16.3. The fourth-order valence-corrected chi connectivity index (χ4v) is 2.36. The molecular weight excluding hydrogens is 224 g/mol. The summed E-state index contributed by atoms with van der Waals surface area (Å²) < 4.78 is 0. The molecule has 2 aromatic rings. The van der Waals surface area contributed by atoms with E-state index in [1.807, 2.05) is 12.1 Å². The van der Waals surface area contributed by atoms with Gasteiger partial charge in [0, 0.05) is 6.20 Å². The Morgan fingerprint density at radius 3 is 2.78 bits per heavy atom. The molecule has 0 aliphatic heterocycles. The van der Waals surface area contributed by atoms with Gasteiger partial charge < -0.3 is 5.11 Å². The molecule has 1 saturated carbocycles. The highest BCUT2D eigenvalue weighted by molar-refractivity contribution is 5.32. The summed E-state index contributed by atoms with van der Waals surface area (Å²) in [6, 6.07) is 9.99. The molecule has 92 valence electrons. The Morgan fingerprint density at radius 2 is 2.11 bits per heavy atom. The smallest absolute Gasteiger partial charge is 0.121 e. The third-order valence-corrected chi connectivity index (χ3v) is 3.69. The molecule has 3 rings (SSSR count). The molecule has 0 bridgehead atoms. The summed E-state index contributed by atoms with van der Waals surface area (Å²) in [6.07, 6.45) is 6.33. The maximum Gasteiger partial charge on any atom is 0.121 e. The molecule has 1 aliphatic carbocycles. The van der Waals surface area contributed by atoms with Crippen LogP contribution < -0.4 is 0 Å². The number of nitrogens with zero attached hydrogens (tertiary/aromatic N) is 2. The van der Waals surface area contributed by atoms with E-state index in [-0.39, 0.29) is 0 Å². The van der Waals surface area contributed by atoms with Crippen LogP contribution in [0.2, 0.25) is 0 Å². The van der Waals surface area contributed by atoms with E-state index in [1.54, 1.807) is 12.3 Å². The zero-order valence-corrected chi connectivity index (χ0v) is 10.2. The highest BCUT2D eigenvalue weighted by Crippen LogP contribution is 2.37. The van der Waals surface area contributed by atoms with Crippen LogP contribution in [0.4, 0.5) is 0 Å². The fourth-order valence-electron chi connectivity index (χ4n) is 2.36. The fraction of sp³-hybridized carbons (Fsp3) is 0.333. The molecule has 1 fully saturated rings. The van der Waals surface area contributed by atoms with Crippen LogP contribution >= 0.6 is 0 Å². The van der Waals surface area contributed by atoms with Gasteiger partial charge in [-0.2, -0.15) is 0 Å². The molecule has 0 radical (unpaired) electrons. The van der Waals surface area contributed by atoms with Crippen molar-refractivity contribution in [1.29, 1.82) is 0 Å². The number of rotatable bonds is 3. The van der Waals surface area contributed by atoms with Crippen LogP contribution in [0.25, 0.3) is 0 Å². The van der Waals surface area contributed by atoms with Crippen molar-refractivity contribution in [2.24, 2.45) is 0 Å². The largest absolute Gasteiger partial charge is 0.382 e. The van der Waals surface area contributed by atoms with Gasteiger partial charge >= 0.3 is 0 Å². The average Bonchev–Trinajstić information content (AvgIpc) is 2.37. The minimum absolute atomic E-state index is 0.649. The number of aromatic nitrogens is 2. The molecule has 18 heavy (non-hydrogen) atoms. The van der Waals surface area contributed by atoms with Gasteiger partial charge in [0.1, 0.15) is 12.4 Å². The molecule has 0 spiro atoms. The minimum atomic E-state index is -0.659. The molecule has 1 aromatic carbocycles. The van der Waals surface area contributed by atoms with Crippen LogP contribution in [0, 0.1) is 0 Å². The maximum absolute atomic E-state index is 10.3. The SMILES string of the molecule is OC(c1cccc(C2CCC2)c1)c1ccncn1. The Hall–Kier alpha value is -1.74. The zero-order valence-electron chi connectivity index (χ0n) is 10.2. The van der Waals surface area contributed by atoms with Crippen molar-refractivity contribution in [1.82, 2.24) is 9.97 Å². The van der Waals surface area contributed by atoms with Crippen molar-refractivity contribution in [3.8, 4) is 0 Å². The summed E-state index contributed by atoms with van der Waals surface area (Å²) in [5.74, 6) is 0.683. The van der Waals surface area contributed by atoms with Gasteiger partial charge in [0.15, 0.2) is 0 Å². The molecule has 3 nitrogen and oxygen atoms in total. The number of aliphatic hydroxyl groups excluding tert-OH is 1. The second-order valence-corrected chi connectivity index (χ2v) is 4.83. The predicted octanol–water partition coefficient (Wildman–Crippen LogP) is 2.83. The normalized spacial score (nSPS) is 17.2. The summed E-state index contributed by atoms with van der Waals surface area (Å²) in [7, 11) is 0. The van der Waals surface area contributed by atoms with Gasteiger partial charge in [-0.1, -0.05) is 30.7 Å². The van der Waals surface area contributed by atoms with E-state index in [4.69, 9.17) is 0 Å². The zero-order chi connectivity index (χ0) is 12.4. The van der Waals surface area contributed by atoms with E-state index >= 15 is 0 Å². The molecule has 1 N–H and O–H groups in total. The quantitative estimate of drug-likeness (QED) is 0.897. The summed E-state index contributed by atoms with van der Waals surface area (Å²) in [5, 5.41) is 10.3. The van der Waals surface area contributed by atoms with E-state index < -0.39 is 6.10 Å². The van der Waals surface area contributed by atoms with Crippen LogP contribution in [-0.2, 0) is 0 Å². The molecule has 1 aromatic heterocycles. The highest BCUT2D eigenvalue weighted by Gasteiger charge is 2.20. The second-order valence-electron chi connectivity index (χ2n) is 4.83. The average molecular weight is 240 g/mol. The first-order chi connectivity index (χ1) is 8.84. The minimum Gasteiger partial charge on any atom is -0.382 e. The standard InChI is InChI=1S/C15H16N2O/c18-15(14-7-8-16-10-17-14)13-6-2-5-12(9-13)11-3-1-4-11/h2,5-11,15,18H,1,3-4H2. The third-order valence-electron chi connectivity index (χ3n) is 3.69. The molecule has 1 unspecified atom stereocenters. The Kier molecular flexibility index (Phi) is 3.07. The first kappa shape index (κ1) is 11.4. The maximum atomic E-state index is 10.3. The van der Waals surface area contributed by atoms with Crippen LogP contribution in [0.1, 0.15) is 48.1 Å². The van der Waals surface area contributed by atoms with E-state index in [0.29, 0.717) is 11.6 Å². The summed E-state index contributed by atoms with van der Waals surface area (Å²) in [6.45, 7) is 0. The van der Waals surface area contributed by atoms with Crippen LogP contribution in [0.3, 0.4) is 0 Å². The van der Waals surface area contributed by atoms with Crippen molar-refractivity contribution in [3.63, 3.8) is 0 Å². The molecule has 3 heteroatoms. The van der Waals surface area contributed by atoms with E-state index in [1.165, 1.54) is 31.2 Å². The lowest BCUT2D eigenvalue weighted by atomic mass is 9.79. The van der Waals surface area contributed by atoms with E-state index in [0.717, 1.165) is 5.56 Å². The van der Waals surface area contributed by atoms with Crippen molar-refractivity contribution >= 4 is 0 Å². The summed E-state index contributed by atoms with van der Waals surface area (Å²) >= 11 is 0. The van der Waals surface area contributed by atoms with Crippen molar-refractivity contribution in [2.75, 3.05) is 0 Å². The predicted molar refractivity (Wildman–Crippen MR) is 69.1 cm³/mol. The topological polar surface area (TPSA) is 46.0 Å². The second kappa shape index (κ2) is 4.86. The Labute approximate surface area is 107 Å². The number of aliphatic hydroxyl groups is 1. The van der Waals surface area contributed by atoms with Gasteiger partial charge in [-0.25, -0.2) is 9.97 Å². The Balaban J connectivity index is 1.87. The molecule has 0 amide bonds. The van der Waals surface area contributed by atoms with Gasteiger partial charge in [-0.3, -0.25) is 0 Å². The van der Waals surface area contributed by atoms with Gasteiger partial charge in [0.05, 0.1) is 5.69 Å². The number of benzene rings is 1. The Bertz CT molecular complexity index is 523. The molecule has 1 aliphatic rings. The van der Waals surface area contributed by atoms with Crippen LogP contribution in [0.15, 0.2) is 42.9 Å². The van der Waals surface area contributed by atoms with Crippen molar-refractivity contribution in [2.45, 2.75) is 31.3 Å². The van der Waals surface area contributed by atoms with Crippen LogP contribution in [0.5, 0.6) is 0 Å². The van der Waals surface area contributed by atoms with Crippen molar-refractivity contribution in [3.05, 3.63) is 59.7 Å². The number of hydrogen-bond acceptors (Lipinski definition) is 3. The summed E-state index contributed by atoms with van der Waals surface area (Å²) in [4.78, 5) is 7.97. The first-order valence-corrected chi connectivity index (χ1v) is 6.38. The van der Waals surface area contributed by atoms with Crippen molar-refractivity contribution < 1.29 is 5.11 Å². The molecule has 1 heterocycles. The van der Waals surface area contributed by atoms with E-state index in [2.05, 4.69) is 22.1 Å². The Morgan fingerprint density at radius 1 is 1.22 bits per heavy atom. The molecule has 0 saturated heterocycles. The first-order valence-electron chi connectivity index (χ1n) is 6.38. The third kappa shape index (κ3) is 2.14. The van der Waals surface area contributed by atoms with Crippen LogP contribution in [-0.4, -0.2) is 15.1 Å². The number of hydrogen-bond donors (Lipinski definition) is 1.